The lowest BCUT2D eigenvalue weighted by Crippen LogP contribution is -2.12. The molecule has 0 radical (unpaired) electrons. The number of nitrogens with zero attached hydrogens (tertiary/aromatic N) is 1. The zero-order valence-corrected chi connectivity index (χ0v) is 18.3. The number of rotatable bonds is 4. The number of aryl methyl sites for hydroxylation is 4. The molecule has 0 bridgehead atoms. The summed E-state index contributed by atoms with van der Waals surface area (Å²) in [5, 5.41) is 5.44. The smallest absolute Gasteiger partial charge is 0.274 e. The van der Waals surface area contributed by atoms with Gasteiger partial charge < -0.3 is 4.52 Å². The Morgan fingerprint density at radius 1 is 1.19 bits per heavy atom. The Bertz CT molecular complexity index is 961. The number of aromatic nitrogens is 1. The van der Waals surface area contributed by atoms with E-state index in [0.29, 0.717) is 20.8 Å². The fraction of sp³-hybridized carbons (Fsp3) is 0.278. The number of anilines is 1. The van der Waals surface area contributed by atoms with Crippen molar-refractivity contribution >= 4 is 43.2 Å². The Morgan fingerprint density at radius 2 is 1.85 bits per heavy atom. The number of sulfonamides is 1. The maximum atomic E-state index is 12.2. The molecule has 0 spiro atoms. The Labute approximate surface area is 166 Å². The average molecular weight is 457 g/mol. The van der Waals surface area contributed by atoms with Crippen molar-refractivity contribution in [2.75, 3.05) is 4.72 Å². The average Bonchev–Trinajstić information content (AvgIpc) is 3.18. The Balaban J connectivity index is 0.000000254. The van der Waals surface area contributed by atoms with E-state index in [4.69, 9.17) is 4.52 Å². The quantitative estimate of drug-likeness (QED) is 0.564. The molecule has 8 heteroatoms. The molecule has 0 aliphatic heterocycles. The van der Waals surface area contributed by atoms with Crippen LogP contribution >= 0.6 is 27.3 Å². The first-order valence-electron chi connectivity index (χ1n) is 7.98. The molecule has 3 aromatic rings. The van der Waals surface area contributed by atoms with Crippen LogP contribution in [0.15, 0.2) is 48.9 Å². The highest BCUT2D eigenvalue weighted by atomic mass is 79.9. The second-order valence-corrected chi connectivity index (χ2v) is 9.35. The van der Waals surface area contributed by atoms with E-state index in [0.717, 1.165) is 5.56 Å². The van der Waals surface area contributed by atoms with Gasteiger partial charge >= 0.3 is 0 Å². The molecule has 2 heterocycles. The number of benzene rings is 1. The third-order valence-corrected chi connectivity index (χ3v) is 7.36. The highest BCUT2D eigenvalue weighted by Gasteiger charge is 2.23. The topological polar surface area (TPSA) is 72.2 Å². The molecule has 3 rings (SSSR count). The van der Waals surface area contributed by atoms with Crippen molar-refractivity contribution < 1.29 is 12.9 Å². The number of hydrogen-bond donors (Lipinski definition) is 1. The van der Waals surface area contributed by atoms with Gasteiger partial charge in [0.15, 0.2) is 0 Å². The minimum Gasteiger partial charge on any atom is -0.336 e. The largest absolute Gasteiger partial charge is 0.336 e. The van der Waals surface area contributed by atoms with E-state index >= 15 is 0 Å². The maximum Gasteiger partial charge on any atom is 0.274 e. The molecule has 0 aliphatic rings. The molecule has 1 N–H and O–H groups in total. The zero-order valence-electron chi connectivity index (χ0n) is 15.0. The molecule has 0 aliphatic carbocycles. The summed E-state index contributed by atoms with van der Waals surface area (Å²) in [6.07, 6.45) is 0.663. The summed E-state index contributed by atoms with van der Waals surface area (Å²) in [4.78, 5) is 0. The third-order valence-electron chi connectivity index (χ3n) is 3.52. The van der Waals surface area contributed by atoms with Crippen molar-refractivity contribution in [3.05, 3.63) is 62.6 Å². The van der Waals surface area contributed by atoms with Crippen LogP contribution in [0, 0.1) is 20.8 Å². The van der Waals surface area contributed by atoms with Gasteiger partial charge in [-0.05, 0) is 60.1 Å². The van der Waals surface area contributed by atoms with E-state index in [2.05, 4.69) is 63.9 Å². The molecule has 5 nitrogen and oxygen atoms in total. The van der Waals surface area contributed by atoms with E-state index in [1.54, 1.807) is 18.4 Å². The van der Waals surface area contributed by atoms with Crippen molar-refractivity contribution in [1.82, 2.24) is 5.16 Å². The van der Waals surface area contributed by atoms with Gasteiger partial charge in [-0.3, -0.25) is 0 Å². The highest BCUT2D eigenvalue weighted by molar-refractivity contribution is 9.10. The third kappa shape index (κ3) is 5.18. The molecular formula is C18H21BrN2O3S2. The number of hydrogen-bond acceptors (Lipinski definition) is 5. The van der Waals surface area contributed by atoms with Crippen LogP contribution in [0.1, 0.15) is 29.3 Å². The van der Waals surface area contributed by atoms with Gasteiger partial charge in [0.25, 0.3) is 15.9 Å². The predicted molar refractivity (Wildman–Crippen MR) is 109 cm³/mol. The SMILES string of the molecule is CCc1ccsc1S(=O)(=O)Nc1onc(C)c1Br.Cc1cccc(C)c1. The second kappa shape index (κ2) is 8.83. The van der Waals surface area contributed by atoms with Crippen LogP contribution in [0.4, 0.5) is 5.88 Å². The molecule has 0 saturated carbocycles. The summed E-state index contributed by atoms with van der Waals surface area (Å²) >= 11 is 4.41. The second-order valence-electron chi connectivity index (χ2n) is 5.76. The molecule has 0 atom stereocenters. The summed E-state index contributed by atoms with van der Waals surface area (Å²) in [7, 11) is -3.62. The van der Waals surface area contributed by atoms with Gasteiger partial charge in [0.05, 0.1) is 5.69 Å². The van der Waals surface area contributed by atoms with Gasteiger partial charge in [0.1, 0.15) is 8.68 Å². The van der Waals surface area contributed by atoms with Gasteiger partial charge in [-0.15, -0.1) is 11.3 Å². The molecule has 2 aromatic heterocycles. The lowest BCUT2D eigenvalue weighted by atomic mass is 10.2. The standard InChI is InChI=1S/C10H11BrN2O3S2.C8H10/c1-3-7-4-5-17-10(7)18(14,15)13-9-8(11)6(2)12-16-9;1-7-4-3-5-8(2)6-7/h4-5,13H,3H2,1-2H3;3-6H,1-2H3. The minimum atomic E-state index is -3.62. The van der Waals surface area contributed by atoms with Crippen molar-refractivity contribution in [2.45, 2.75) is 38.3 Å². The summed E-state index contributed by atoms with van der Waals surface area (Å²) < 4.78 is 32.5. The van der Waals surface area contributed by atoms with Gasteiger partial charge in [0, 0.05) is 0 Å². The normalized spacial score (nSPS) is 11.0. The van der Waals surface area contributed by atoms with Crippen LogP contribution in [0.3, 0.4) is 0 Å². The van der Waals surface area contributed by atoms with Crippen LogP contribution in [0.2, 0.25) is 0 Å². The van der Waals surface area contributed by atoms with Crippen LogP contribution < -0.4 is 4.72 Å². The van der Waals surface area contributed by atoms with Crippen molar-refractivity contribution in [1.29, 1.82) is 0 Å². The molecule has 0 fully saturated rings. The zero-order chi connectivity index (χ0) is 19.3. The van der Waals surface area contributed by atoms with Crippen LogP contribution in [0.5, 0.6) is 0 Å². The van der Waals surface area contributed by atoms with E-state index in [1.807, 2.05) is 6.92 Å². The molecule has 0 saturated heterocycles. The van der Waals surface area contributed by atoms with E-state index in [1.165, 1.54) is 22.5 Å². The van der Waals surface area contributed by atoms with E-state index in [-0.39, 0.29) is 5.88 Å². The Kier molecular flexibility index (Phi) is 7.02. The number of thiophene rings is 1. The monoisotopic (exact) mass is 456 g/mol. The van der Waals surface area contributed by atoms with Gasteiger partial charge in [-0.1, -0.05) is 47.5 Å². The first-order valence-corrected chi connectivity index (χ1v) is 11.1. The fourth-order valence-electron chi connectivity index (χ4n) is 2.22. The summed E-state index contributed by atoms with van der Waals surface area (Å²) in [5.41, 5.74) is 4.06. The van der Waals surface area contributed by atoms with Crippen LogP contribution in [0.25, 0.3) is 0 Å². The van der Waals surface area contributed by atoms with Crippen LogP contribution in [-0.4, -0.2) is 13.6 Å². The lowest BCUT2D eigenvalue weighted by molar-refractivity contribution is 0.430. The summed E-state index contributed by atoms with van der Waals surface area (Å²) in [6, 6.07) is 10.3. The van der Waals surface area contributed by atoms with Crippen molar-refractivity contribution in [3.8, 4) is 0 Å². The van der Waals surface area contributed by atoms with Crippen molar-refractivity contribution in [3.63, 3.8) is 0 Å². The van der Waals surface area contributed by atoms with E-state index < -0.39 is 10.0 Å². The van der Waals surface area contributed by atoms with E-state index in [9.17, 15) is 8.42 Å². The molecule has 0 unspecified atom stereocenters. The Hall–Kier alpha value is -1.64. The lowest BCUT2D eigenvalue weighted by Gasteiger charge is -2.04. The molecule has 26 heavy (non-hydrogen) atoms. The van der Waals surface area contributed by atoms with Gasteiger partial charge in [-0.25, -0.2) is 13.1 Å². The summed E-state index contributed by atoms with van der Waals surface area (Å²) in [6.45, 7) is 7.84. The molecule has 1 aromatic carbocycles. The molecule has 0 amide bonds. The van der Waals surface area contributed by atoms with Gasteiger partial charge in [-0.2, -0.15) is 0 Å². The first-order chi connectivity index (χ1) is 12.2. The first kappa shape index (κ1) is 20.7. The minimum absolute atomic E-state index is 0.1000. The maximum absolute atomic E-state index is 12.2. The fourth-order valence-corrected chi connectivity index (χ4v) is 5.14. The van der Waals surface area contributed by atoms with Crippen LogP contribution in [-0.2, 0) is 16.4 Å². The number of nitrogens with one attached hydrogen (secondary N) is 1. The number of halogens is 1. The molecule has 140 valence electrons. The molecular weight excluding hydrogens is 436 g/mol. The predicted octanol–water partition coefficient (Wildman–Crippen LogP) is 5.47. The summed E-state index contributed by atoms with van der Waals surface area (Å²) in [5.74, 6) is 0.1000. The van der Waals surface area contributed by atoms with Gasteiger partial charge in [0.2, 0.25) is 0 Å². The highest BCUT2D eigenvalue weighted by Crippen LogP contribution is 2.30. The van der Waals surface area contributed by atoms with Crippen molar-refractivity contribution in [2.24, 2.45) is 0 Å². The Morgan fingerprint density at radius 3 is 2.31 bits per heavy atom.